The minimum atomic E-state index is 0.549. The molecule has 0 saturated carbocycles. The van der Waals surface area contributed by atoms with E-state index in [-0.39, 0.29) is 0 Å². The highest BCUT2D eigenvalue weighted by Gasteiger charge is 2.10. The Morgan fingerprint density at radius 3 is 2.76 bits per heavy atom. The van der Waals surface area contributed by atoms with Crippen molar-refractivity contribution >= 4 is 28.2 Å². The van der Waals surface area contributed by atoms with Crippen molar-refractivity contribution in [3.8, 4) is 0 Å². The first-order chi connectivity index (χ1) is 8.33. The van der Waals surface area contributed by atoms with Gasteiger partial charge in [0.15, 0.2) is 0 Å². The average Bonchev–Trinajstić information content (AvgIpc) is 2.39. The Labute approximate surface area is 105 Å². The number of aromatic nitrogens is 1. The number of piperazine rings is 1. The number of rotatable bonds is 1. The molecule has 1 N–H and O–H groups in total. The Morgan fingerprint density at radius 1 is 1.12 bits per heavy atom. The lowest BCUT2D eigenvalue weighted by atomic mass is 10.2. The summed E-state index contributed by atoms with van der Waals surface area (Å²) in [5, 5.41) is 5.05. The lowest BCUT2D eigenvalue weighted by Crippen LogP contribution is -2.43. The summed E-state index contributed by atoms with van der Waals surface area (Å²) in [6.45, 7) is 4.23. The lowest BCUT2D eigenvalue weighted by Gasteiger charge is -2.29. The molecule has 3 nitrogen and oxygen atoms in total. The Hall–Kier alpha value is -1.32. The number of fused-ring (bicyclic) bond motifs is 1. The van der Waals surface area contributed by atoms with Crippen LogP contribution in [-0.4, -0.2) is 31.2 Å². The summed E-state index contributed by atoms with van der Waals surface area (Å²) in [7, 11) is 0. The van der Waals surface area contributed by atoms with Gasteiger partial charge in [-0.2, -0.15) is 0 Å². The van der Waals surface area contributed by atoms with Gasteiger partial charge in [-0.1, -0.05) is 11.6 Å². The van der Waals surface area contributed by atoms with E-state index in [2.05, 4.69) is 27.3 Å². The van der Waals surface area contributed by atoms with Gasteiger partial charge in [0.05, 0.1) is 5.52 Å². The van der Waals surface area contributed by atoms with Crippen molar-refractivity contribution in [3.05, 3.63) is 35.5 Å². The smallest absolute Gasteiger partial charge is 0.129 e. The van der Waals surface area contributed by atoms with Crippen molar-refractivity contribution < 1.29 is 0 Å². The normalized spacial score (nSPS) is 16.4. The maximum atomic E-state index is 5.88. The molecule has 2 heterocycles. The summed E-state index contributed by atoms with van der Waals surface area (Å²) in [5.74, 6) is 0. The monoisotopic (exact) mass is 247 g/mol. The van der Waals surface area contributed by atoms with E-state index in [0.717, 1.165) is 37.1 Å². The molecule has 1 aliphatic heterocycles. The molecule has 0 radical (unpaired) electrons. The highest BCUT2D eigenvalue weighted by atomic mass is 35.5. The summed E-state index contributed by atoms with van der Waals surface area (Å²) < 4.78 is 0. The fourth-order valence-corrected chi connectivity index (χ4v) is 2.36. The van der Waals surface area contributed by atoms with Gasteiger partial charge in [0.1, 0.15) is 5.15 Å². The number of benzene rings is 1. The van der Waals surface area contributed by atoms with E-state index in [0.29, 0.717) is 5.15 Å². The maximum absolute atomic E-state index is 5.88. The third-order valence-corrected chi connectivity index (χ3v) is 3.33. The van der Waals surface area contributed by atoms with Crippen LogP contribution in [0.4, 0.5) is 5.69 Å². The number of hydrogen-bond acceptors (Lipinski definition) is 3. The molecule has 0 amide bonds. The fraction of sp³-hybridized carbons (Fsp3) is 0.308. The zero-order chi connectivity index (χ0) is 11.7. The van der Waals surface area contributed by atoms with E-state index < -0.39 is 0 Å². The minimum absolute atomic E-state index is 0.549. The van der Waals surface area contributed by atoms with Crippen LogP contribution in [-0.2, 0) is 0 Å². The zero-order valence-electron chi connectivity index (χ0n) is 9.49. The van der Waals surface area contributed by atoms with Gasteiger partial charge in [-0.3, -0.25) is 0 Å². The van der Waals surface area contributed by atoms with Gasteiger partial charge in [-0.25, -0.2) is 4.98 Å². The summed E-state index contributed by atoms with van der Waals surface area (Å²) in [5.41, 5.74) is 2.22. The first kappa shape index (κ1) is 10.8. The molecule has 2 aromatic rings. The standard InChI is InChI=1S/C13H14ClN3/c14-13-4-1-10-9-11(2-3-12(10)16-13)17-7-5-15-6-8-17/h1-4,9,15H,5-8H2. The van der Waals surface area contributed by atoms with Crippen molar-refractivity contribution in [1.82, 2.24) is 10.3 Å². The number of hydrogen-bond donors (Lipinski definition) is 1. The molecule has 0 atom stereocenters. The first-order valence-electron chi connectivity index (χ1n) is 5.85. The van der Waals surface area contributed by atoms with Crippen LogP contribution >= 0.6 is 11.6 Å². The Morgan fingerprint density at radius 2 is 1.94 bits per heavy atom. The molecule has 0 bridgehead atoms. The largest absolute Gasteiger partial charge is 0.369 e. The second kappa shape index (κ2) is 4.51. The van der Waals surface area contributed by atoms with Gasteiger partial charge < -0.3 is 10.2 Å². The molecule has 0 unspecified atom stereocenters. The molecule has 4 heteroatoms. The molecule has 0 aliphatic carbocycles. The van der Waals surface area contributed by atoms with E-state index >= 15 is 0 Å². The van der Waals surface area contributed by atoms with Crippen LogP contribution in [0.1, 0.15) is 0 Å². The molecule has 0 spiro atoms. The highest BCUT2D eigenvalue weighted by Crippen LogP contribution is 2.22. The quantitative estimate of drug-likeness (QED) is 0.784. The molecule has 17 heavy (non-hydrogen) atoms. The van der Waals surface area contributed by atoms with Crippen molar-refractivity contribution in [2.24, 2.45) is 0 Å². The SMILES string of the molecule is Clc1ccc2cc(N3CCNCC3)ccc2n1. The van der Waals surface area contributed by atoms with Gasteiger partial charge >= 0.3 is 0 Å². The number of nitrogens with one attached hydrogen (secondary N) is 1. The number of pyridine rings is 1. The number of halogens is 1. The summed E-state index contributed by atoms with van der Waals surface area (Å²) in [6, 6.07) is 10.2. The second-order valence-electron chi connectivity index (χ2n) is 4.25. The zero-order valence-corrected chi connectivity index (χ0v) is 10.2. The van der Waals surface area contributed by atoms with Crippen LogP contribution in [0.3, 0.4) is 0 Å². The number of anilines is 1. The van der Waals surface area contributed by atoms with E-state index in [1.54, 1.807) is 0 Å². The molecule has 1 aliphatic rings. The van der Waals surface area contributed by atoms with Gasteiger partial charge in [-0.15, -0.1) is 0 Å². The third-order valence-electron chi connectivity index (χ3n) is 3.12. The molecule has 1 saturated heterocycles. The summed E-state index contributed by atoms with van der Waals surface area (Å²) in [6.07, 6.45) is 0. The Bertz CT molecular complexity index is 535. The number of nitrogens with zero attached hydrogens (tertiary/aromatic N) is 2. The minimum Gasteiger partial charge on any atom is -0.369 e. The van der Waals surface area contributed by atoms with Crippen LogP contribution < -0.4 is 10.2 Å². The molecular weight excluding hydrogens is 234 g/mol. The second-order valence-corrected chi connectivity index (χ2v) is 4.64. The molecule has 88 valence electrons. The maximum Gasteiger partial charge on any atom is 0.129 e. The molecule has 3 rings (SSSR count). The molecule has 1 aromatic heterocycles. The Balaban J connectivity index is 1.98. The van der Waals surface area contributed by atoms with Crippen LogP contribution in [0.15, 0.2) is 30.3 Å². The predicted molar refractivity (Wildman–Crippen MR) is 71.8 cm³/mol. The van der Waals surface area contributed by atoms with Gasteiger partial charge in [0, 0.05) is 37.3 Å². The van der Waals surface area contributed by atoms with Crippen molar-refractivity contribution in [2.45, 2.75) is 0 Å². The molecule has 1 fully saturated rings. The summed E-state index contributed by atoms with van der Waals surface area (Å²) in [4.78, 5) is 6.69. The third kappa shape index (κ3) is 2.21. The predicted octanol–water partition coefficient (Wildman–Crippen LogP) is 2.30. The van der Waals surface area contributed by atoms with Crippen LogP contribution in [0.5, 0.6) is 0 Å². The fourth-order valence-electron chi connectivity index (χ4n) is 2.21. The van der Waals surface area contributed by atoms with Gasteiger partial charge in [0.2, 0.25) is 0 Å². The lowest BCUT2D eigenvalue weighted by molar-refractivity contribution is 0.589. The van der Waals surface area contributed by atoms with Crippen LogP contribution in [0.2, 0.25) is 5.15 Å². The molecule has 1 aromatic carbocycles. The van der Waals surface area contributed by atoms with E-state index in [4.69, 9.17) is 11.6 Å². The van der Waals surface area contributed by atoms with E-state index in [1.165, 1.54) is 5.69 Å². The topological polar surface area (TPSA) is 28.2 Å². The van der Waals surface area contributed by atoms with E-state index in [9.17, 15) is 0 Å². The van der Waals surface area contributed by atoms with Crippen molar-refractivity contribution in [3.63, 3.8) is 0 Å². The molecular formula is C13H14ClN3. The van der Waals surface area contributed by atoms with Gasteiger partial charge in [-0.05, 0) is 30.3 Å². The van der Waals surface area contributed by atoms with E-state index in [1.807, 2.05) is 18.2 Å². The summed E-state index contributed by atoms with van der Waals surface area (Å²) >= 11 is 5.88. The first-order valence-corrected chi connectivity index (χ1v) is 6.23. The Kier molecular flexibility index (Phi) is 2.87. The van der Waals surface area contributed by atoms with Crippen LogP contribution in [0, 0.1) is 0 Å². The van der Waals surface area contributed by atoms with Gasteiger partial charge in [0.25, 0.3) is 0 Å². The van der Waals surface area contributed by atoms with Crippen molar-refractivity contribution in [1.29, 1.82) is 0 Å². The highest BCUT2D eigenvalue weighted by molar-refractivity contribution is 6.29. The van der Waals surface area contributed by atoms with Crippen molar-refractivity contribution in [2.75, 3.05) is 31.1 Å². The van der Waals surface area contributed by atoms with Crippen LogP contribution in [0.25, 0.3) is 10.9 Å². The average molecular weight is 248 g/mol.